The van der Waals surface area contributed by atoms with Gasteiger partial charge in [0.25, 0.3) is 0 Å². The van der Waals surface area contributed by atoms with Crippen molar-refractivity contribution in [3.8, 4) is 5.88 Å². The lowest BCUT2D eigenvalue weighted by atomic mass is 10.1. The van der Waals surface area contributed by atoms with Crippen molar-refractivity contribution in [2.45, 2.75) is 13.0 Å². The Kier molecular flexibility index (Phi) is 3.03. The van der Waals surface area contributed by atoms with Crippen molar-refractivity contribution in [2.75, 3.05) is 7.11 Å². The molecule has 0 aliphatic heterocycles. The first-order valence-corrected chi connectivity index (χ1v) is 4.08. The third-order valence-electron chi connectivity index (χ3n) is 1.92. The summed E-state index contributed by atoms with van der Waals surface area (Å²) < 4.78 is 4.99. The zero-order valence-corrected chi connectivity index (χ0v) is 7.95. The molecular weight excluding hydrogens is 164 g/mol. The number of hydrogen-bond acceptors (Lipinski definition) is 3. The van der Waals surface area contributed by atoms with Gasteiger partial charge < -0.3 is 10.5 Å². The van der Waals surface area contributed by atoms with Gasteiger partial charge in [0.1, 0.15) is 0 Å². The minimum atomic E-state index is -0.154. The Balaban J connectivity index is 3.04. The first kappa shape index (κ1) is 9.74. The van der Waals surface area contributed by atoms with Crippen molar-refractivity contribution in [1.29, 1.82) is 0 Å². The third kappa shape index (κ3) is 2.06. The zero-order valence-electron chi connectivity index (χ0n) is 7.95. The fourth-order valence-electron chi connectivity index (χ4n) is 1.14. The predicted octanol–water partition coefficient (Wildman–Crippen LogP) is 1.58. The SMILES string of the molecule is C=C[C@@H](N)c1ccc(OC)nc1C. The van der Waals surface area contributed by atoms with E-state index in [1.54, 1.807) is 19.3 Å². The van der Waals surface area contributed by atoms with E-state index in [0.29, 0.717) is 5.88 Å². The number of nitrogens with zero attached hydrogens (tertiary/aromatic N) is 1. The molecule has 3 nitrogen and oxygen atoms in total. The number of methoxy groups -OCH3 is 1. The van der Waals surface area contributed by atoms with Gasteiger partial charge in [-0.3, -0.25) is 0 Å². The number of aryl methyl sites for hydroxylation is 1. The van der Waals surface area contributed by atoms with Crippen molar-refractivity contribution < 1.29 is 4.74 Å². The molecule has 1 aromatic rings. The van der Waals surface area contributed by atoms with Crippen molar-refractivity contribution in [3.05, 3.63) is 36.0 Å². The molecule has 1 aromatic heterocycles. The summed E-state index contributed by atoms with van der Waals surface area (Å²) in [5, 5.41) is 0. The zero-order chi connectivity index (χ0) is 9.84. The molecule has 1 heterocycles. The van der Waals surface area contributed by atoms with Crippen LogP contribution in [-0.4, -0.2) is 12.1 Å². The second-order valence-electron chi connectivity index (χ2n) is 2.79. The van der Waals surface area contributed by atoms with Crippen LogP contribution in [0.1, 0.15) is 17.3 Å². The highest BCUT2D eigenvalue weighted by Crippen LogP contribution is 2.17. The lowest BCUT2D eigenvalue weighted by Crippen LogP contribution is -2.09. The van der Waals surface area contributed by atoms with E-state index in [1.807, 2.05) is 13.0 Å². The minimum Gasteiger partial charge on any atom is -0.481 e. The molecule has 0 bridgehead atoms. The molecule has 0 saturated carbocycles. The Bertz CT molecular complexity index is 310. The molecule has 0 radical (unpaired) electrons. The topological polar surface area (TPSA) is 48.1 Å². The van der Waals surface area contributed by atoms with Crippen LogP contribution < -0.4 is 10.5 Å². The van der Waals surface area contributed by atoms with Crippen LogP contribution in [0.25, 0.3) is 0 Å². The van der Waals surface area contributed by atoms with E-state index in [0.717, 1.165) is 11.3 Å². The summed E-state index contributed by atoms with van der Waals surface area (Å²) >= 11 is 0. The molecule has 2 N–H and O–H groups in total. The van der Waals surface area contributed by atoms with Gasteiger partial charge in [0, 0.05) is 17.8 Å². The predicted molar refractivity (Wildman–Crippen MR) is 52.7 cm³/mol. The summed E-state index contributed by atoms with van der Waals surface area (Å²) in [5.41, 5.74) is 7.65. The van der Waals surface area contributed by atoms with Crippen molar-refractivity contribution in [3.63, 3.8) is 0 Å². The molecule has 0 unspecified atom stereocenters. The lowest BCUT2D eigenvalue weighted by Gasteiger charge is -2.10. The fourth-order valence-corrected chi connectivity index (χ4v) is 1.14. The molecule has 0 fully saturated rings. The highest BCUT2D eigenvalue weighted by atomic mass is 16.5. The Labute approximate surface area is 78.2 Å². The average Bonchev–Trinajstić information content (AvgIpc) is 2.16. The molecule has 0 saturated heterocycles. The maximum Gasteiger partial charge on any atom is 0.213 e. The summed E-state index contributed by atoms with van der Waals surface area (Å²) in [5.74, 6) is 0.609. The largest absolute Gasteiger partial charge is 0.481 e. The molecule has 0 aromatic carbocycles. The molecule has 3 heteroatoms. The molecule has 13 heavy (non-hydrogen) atoms. The van der Waals surface area contributed by atoms with E-state index in [-0.39, 0.29) is 6.04 Å². The molecule has 1 rings (SSSR count). The van der Waals surface area contributed by atoms with Gasteiger partial charge in [-0.1, -0.05) is 6.08 Å². The number of rotatable bonds is 3. The van der Waals surface area contributed by atoms with Crippen molar-refractivity contribution >= 4 is 0 Å². The van der Waals surface area contributed by atoms with Crippen LogP contribution >= 0.6 is 0 Å². The van der Waals surface area contributed by atoms with Gasteiger partial charge in [0.05, 0.1) is 7.11 Å². The monoisotopic (exact) mass is 178 g/mol. The van der Waals surface area contributed by atoms with E-state index in [1.165, 1.54) is 0 Å². The van der Waals surface area contributed by atoms with Crippen LogP contribution in [-0.2, 0) is 0 Å². The number of nitrogens with two attached hydrogens (primary N) is 1. The van der Waals surface area contributed by atoms with Crippen LogP contribution in [0.4, 0.5) is 0 Å². The number of pyridine rings is 1. The normalized spacial score (nSPS) is 12.2. The maximum atomic E-state index is 5.79. The van der Waals surface area contributed by atoms with E-state index < -0.39 is 0 Å². The number of ether oxygens (including phenoxy) is 1. The van der Waals surface area contributed by atoms with E-state index in [4.69, 9.17) is 10.5 Å². The van der Waals surface area contributed by atoms with Crippen LogP contribution in [0.15, 0.2) is 24.8 Å². The summed E-state index contributed by atoms with van der Waals surface area (Å²) in [6, 6.07) is 3.55. The first-order chi connectivity index (χ1) is 6.19. The van der Waals surface area contributed by atoms with Crippen molar-refractivity contribution in [1.82, 2.24) is 4.98 Å². The van der Waals surface area contributed by atoms with E-state index in [9.17, 15) is 0 Å². The third-order valence-corrected chi connectivity index (χ3v) is 1.92. The molecule has 0 aliphatic rings. The molecule has 0 spiro atoms. The molecule has 0 aliphatic carbocycles. The first-order valence-electron chi connectivity index (χ1n) is 4.08. The molecule has 1 atom stereocenters. The maximum absolute atomic E-state index is 5.79. The highest BCUT2D eigenvalue weighted by molar-refractivity contribution is 5.29. The minimum absolute atomic E-state index is 0.154. The quantitative estimate of drug-likeness (QED) is 0.715. The lowest BCUT2D eigenvalue weighted by molar-refractivity contribution is 0.396. The summed E-state index contributed by atoms with van der Waals surface area (Å²) in [6.07, 6.45) is 1.69. The van der Waals surface area contributed by atoms with Gasteiger partial charge in [-0.25, -0.2) is 4.98 Å². The van der Waals surface area contributed by atoms with Crippen LogP contribution in [0.5, 0.6) is 5.88 Å². The smallest absolute Gasteiger partial charge is 0.213 e. The summed E-state index contributed by atoms with van der Waals surface area (Å²) in [4.78, 5) is 4.21. The number of aromatic nitrogens is 1. The molecule has 70 valence electrons. The number of hydrogen-bond donors (Lipinski definition) is 1. The van der Waals surface area contributed by atoms with Gasteiger partial charge in [-0.2, -0.15) is 0 Å². The summed E-state index contributed by atoms with van der Waals surface area (Å²) in [7, 11) is 1.59. The Morgan fingerprint density at radius 2 is 2.31 bits per heavy atom. The van der Waals surface area contributed by atoms with Gasteiger partial charge >= 0.3 is 0 Å². The average molecular weight is 178 g/mol. The van der Waals surface area contributed by atoms with Gasteiger partial charge in [0.2, 0.25) is 5.88 Å². The molecule has 0 amide bonds. The second-order valence-corrected chi connectivity index (χ2v) is 2.79. The van der Waals surface area contributed by atoms with Crippen LogP contribution in [0.2, 0.25) is 0 Å². The summed E-state index contributed by atoms with van der Waals surface area (Å²) in [6.45, 7) is 5.54. The van der Waals surface area contributed by atoms with E-state index >= 15 is 0 Å². The Hall–Kier alpha value is -1.35. The second kappa shape index (κ2) is 4.05. The van der Waals surface area contributed by atoms with Crippen LogP contribution in [0, 0.1) is 6.92 Å². The van der Waals surface area contributed by atoms with Gasteiger partial charge in [-0.05, 0) is 18.6 Å². The Morgan fingerprint density at radius 1 is 1.62 bits per heavy atom. The standard InChI is InChI=1S/C10H14N2O/c1-4-9(11)8-5-6-10(13-3)12-7(8)2/h4-6,9H,1,11H2,2-3H3/t9-/m1/s1. The molecular formula is C10H14N2O. The van der Waals surface area contributed by atoms with Crippen LogP contribution in [0.3, 0.4) is 0 Å². The van der Waals surface area contributed by atoms with Gasteiger partial charge in [-0.15, -0.1) is 6.58 Å². The highest BCUT2D eigenvalue weighted by Gasteiger charge is 2.06. The fraction of sp³-hybridized carbons (Fsp3) is 0.300. The van der Waals surface area contributed by atoms with Gasteiger partial charge in [0.15, 0.2) is 0 Å². The Morgan fingerprint density at radius 3 is 2.77 bits per heavy atom. The van der Waals surface area contributed by atoms with E-state index in [2.05, 4.69) is 11.6 Å². The van der Waals surface area contributed by atoms with Crippen molar-refractivity contribution in [2.24, 2.45) is 5.73 Å².